The first kappa shape index (κ1) is 17.0. The molecular weight excluding hydrogens is 308 g/mol. The van der Waals surface area contributed by atoms with Crippen LogP contribution >= 0.6 is 0 Å². The van der Waals surface area contributed by atoms with Crippen LogP contribution in [0.4, 0.5) is 0 Å². The van der Waals surface area contributed by atoms with Crippen molar-refractivity contribution >= 4 is 11.8 Å². The number of nitrogens with zero attached hydrogens (tertiary/aromatic N) is 3. The molecule has 2 N–H and O–H groups in total. The predicted octanol–water partition coefficient (Wildman–Crippen LogP) is 0.711. The molecule has 0 radical (unpaired) electrons. The monoisotopic (exact) mass is 334 g/mol. The lowest BCUT2D eigenvalue weighted by Gasteiger charge is -2.33. The van der Waals surface area contributed by atoms with Crippen LogP contribution in [0.1, 0.15) is 31.4 Å². The SMILES string of the molecule is Cc1ccn(CC(=O)N2CCC(C[C@H]3OCC[C@H]3C(N)=O)CC2)n1. The van der Waals surface area contributed by atoms with Gasteiger partial charge in [-0.05, 0) is 44.6 Å². The molecule has 0 spiro atoms. The molecule has 0 unspecified atom stereocenters. The van der Waals surface area contributed by atoms with Crippen LogP contribution in [0.15, 0.2) is 12.3 Å². The van der Waals surface area contributed by atoms with Crippen LogP contribution in [0.5, 0.6) is 0 Å². The minimum absolute atomic E-state index is 0.0400. The molecule has 0 bridgehead atoms. The first-order chi connectivity index (χ1) is 11.5. The lowest BCUT2D eigenvalue weighted by molar-refractivity contribution is -0.133. The number of primary amides is 1. The number of rotatable bonds is 5. The molecule has 0 aliphatic carbocycles. The first-order valence-corrected chi connectivity index (χ1v) is 8.71. The molecule has 2 amide bonds. The third-order valence-corrected chi connectivity index (χ3v) is 5.18. The van der Waals surface area contributed by atoms with Crippen LogP contribution in [0.3, 0.4) is 0 Å². The molecular formula is C17H26N4O3. The average molecular weight is 334 g/mol. The Kier molecular flexibility index (Phi) is 5.18. The van der Waals surface area contributed by atoms with E-state index in [4.69, 9.17) is 10.5 Å². The summed E-state index contributed by atoms with van der Waals surface area (Å²) < 4.78 is 7.38. The number of ether oxygens (including phenoxy) is 1. The number of aromatic nitrogens is 2. The van der Waals surface area contributed by atoms with E-state index in [2.05, 4.69) is 5.10 Å². The number of carbonyl (C=O) groups excluding carboxylic acids is 2. The summed E-state index contributed by atoms with van der Waals surface area (Å²) in [5.41, 5.74) is 6.37. The molecule has 24 heavy (non-hydrogen) atoms. The Balaban J connectivity index is 1.45. The highest BCUT2D eigenvalue weighted by molar-refractivity contribution is 5.77. The van der Waals surface area contributed by atoms with Crippen molar-refractivity contribution in [2.45, 2.75) is 45.3 Å². The maximum atomic E-state index is 12.3. The number of aryl methyl sites for hydroxylation is 1. The van der Waals surface area contributed by atoms with Gasteiger partial charge >= 0.3 is 0 Å². The van der Waals surface area contributed by atoms with Gasteiger partial charge in [-0.1, -0.05) is 0 Å². The molecule has 0 saturated carbocycles. The normalized spacial score (nSPS) is 25.1. The number of nitrogens with two attached hydrogens (primary N) is 1. The zero-order valence-electron chi connectivity index (χ0n) is 14.2. The molecule has 2 saturated heterocycles. The second-order valence-electron chi connectivity index (χ2n) is 6.92. The van der Waals surface area contributed by atoms with Gasteiger partial charge in [-0.2, -0.15) is 5.10 Å². The van der Waals surface area contributed by atoms with E-state index in [1.165, 1.54) is 0 Å². The Morgan fingerprint density at radius 3 is 2.71 bits per heavy atom. The highest BCUT2D eigenvalue weighted by Crippen LogP contribution is 2.30. The van der Waals surface area contributed by atoms with E-state index in [1.54, 1.807) is 4.68 Å². The summed E-state index contributed by atoms with van der Waals surface area (Å²) in [5, 5.41) is 4.26. The number of amides is 2. The number of hydrogen-bond acceptors (Lipinski definition) is 4. The molecule has 2 fully saturated rings. The van der Waals surface area contributed by atoms with Crippen LogP contribution in [0.2, 0.25) is 0 Å². The molecule has 3 heterocycles. The molecule has 3 rings (SSSR count). The highest BCUT2D eigenvalue weighted by atomic mass is 16.5. The summed E-state index contributed by atoms with van der Waals surface area (Å²) >= 11 is 0. The molecule has 2 aliphatic heterocycles. The fourth-order valence-corrected chi connectivity index (χ4v) is 3.74. The number of carbonyl (C=O) groups is 2. The lowest BCUT2D eigenvalue weighted by Crippen LogP contribution is -2.41. The van der Waals surface area contributed by atoms with Gasteiger partial charge in [0.05, 0.1) is 17.7 Å². The van der Waals surface area contributed by atoms with Crippen molar-refractivity contribution in [1.82, 2.24) is 14.7 Å². The van der Waals surface area contributed by atoms with Gasteiger partial charge in [0.25, 0.3) is 0 Å². The zero-order valence-corrected chi connectivity index (χ0v) is 14.2. The lowest BCUT2D eigenvalue weighted by atomic mass is 9.86. The van der Waals surface area contributed by atoms with Crippen LogP contribution in [-0.2, 0) is 20.9 Å². The van der Waals surface area contributed by atoms with Crippen molar-refractivity contribution in [1.29, 1.82) is 0 Å². The summed E-state index contributed by atoms with van der Waals surface area (Å²) in [5.74, 6) is 0.210. The maximum Gasteiger partial charge on any atom is 0.244 e. The van der Waals surface area contributed by atoms with E-state index < -0.39 is 0 Å². The Morgan fingerprint density at radius 2 is 2.08 bits per heavy atom. The quantitative estimate of drug-likeness (QED) is 0.858. The first-order valence-electron chi connectivity index (χ1n) is 8.71. The summed E-state index contributed by atoms with van der Waals surface area (Å²) in [4.78, 5) is 25.7. The highest BCUT2D eigenvalue weighted by Gasteiger charge is 2.35. The molecule has 7 heteroatoms. The second-order valence-corrected chi connectivity index (χ2v) is 6.92. The molecule has 1 aromatic heterocycles. The minimum atomic E-state index is -0.250. The summed E-state index contributed by atoms with van der Waals surface area (Å²) in [6.07, 6.45) is 5.31. The molecule has 7 nitrogen and oxygen atoms in total. The fraction of sp³-hybridized carbons (Fsp3) is 0.706. The molecule has 1 aromatic rings. The van der Waals surface area contributed by atoms with E-state index in [-0.39, 0.29) is 23.8 Å². The van der Waals surface area contributed by atoms with Crippen LogP contribution < -0.4 is 5.73 Å². The van der Waals surface area contributed by atoms with E-state index in [1.807, 2.05) is 24.1 Å². The standard InChI is InChI=1S/C17H26N4O3/c1-12-2-8-21(19-12)11-16(22)20-6-3-13(4-7-20)10-15-14(17(18)23)5-9-24-15/h2,8,13-15H,3-7,9-11H2,1H3,(H2,18,23)/t14-,15-/m1/s1. The van der Waals surface area contributed by atoms with Crippen molar-refractivity contribution < 1.29 is 14.3 Å². The number of piperidine rings is 1. The predicted molar refractivity (Wildman–Crippen MR) is 87.9 cm³/mol. The van der Waals surface area contributed by atoms with Gasteiger partial charge in [-0.15, -0.1) is 0 Å². The Morgan fingerprint density at radius 1 is 1.33 bits per heavy atom. The van der Waals surface area contributed by atoms with Gasteiger partial charge in [0.1, 0.15) is 6.54 Å². The maximum absolute atomic E-state index is 12.3. The number of hydrogen-bond donors (Lipinski definition) is 1. The van der Waals surface area contributed by atoms with Gasteiger partial charge in [0.15, 0.2) is 0 Å². The van der Waals surface area contributed by atoms with Crippen LogP contribution in [0, 0.1) is 18.8 Å². The van der Waals surface area contributed by atoms with Crippen molar-refractivity contribution in [3.8, 4) is 0 Å². The molecule has 2 aliphatic rings. The van der Waals surface area contributed by atoms with E-state index in [0.717, 1.165) is 44.5 Å². The average Bonchev–Trinajstić information content (AvgIpc) is 3.17. The van der Waals surface area contributed by atoms with E-state index in [9.17, 15) is 9.59 Å². The third kappa shape index (κ3) is 3.95. The van der Waals surface area contributed by atoms with Crippen molar-refractivity contribution in [3.05, 3.63) is 18.0 Å². The summed E-state index contributed by atoms with van der Waals surface area (Å²) in [6.45, 7) is 4.36. The zero-order chi connectivity index (χ0) is 17.1. The van der Waals surface area contributed by atoms with Gasteiger partial charge in [0.2, 0.25) is 11.8 Å². The van der Waals surface area contributed by atoms with E-state index in [0.29, 0.717) is 19.1 Å². The molecule has 132 valence electrons. The third-order valence-electron chi connectivity index (χ3n) is 5.18. The van der Waals surface area contributed by atoms with Gasteiger partial charge in [-0.3, -0.25) is 14.3 Å². The summed E-state index contributed by atoms with van der Waals surface area (Å²) in [7, 11) is 0. The van der Waals surface area contributed by atoms with Crippen molar-refractivity contribution in [2.24, 2.45) is 17.6 Å². The fourth-order valence-electron chi connectivity index (χ4n) is 3.74. The Bertz CT molecular complexity index is 592. The van der Waals surface area contributed by atoms with Crippen molar-refractivity contribution in [3.63, 3.8) is 0 Å². The molecule has 0 aromatic carbocycles. The minimum Gasteiger partial charge on any atom is -0.377 e. The van der Waals surface area contributed by atoms with E-state index >= 15 is 0 Å². The smallest absolute Gasteiger partial charge is 0.244 e. The Hall–Kier alpha value is -1.89. The second kappa shape index (κ2) is 7.34. The number of likely N-dealkylation sites (tertiary alicyclic amines) is 1. The van der Waals surface area contributed by atoms with Crippen molar-refractivity contribution in [2.75, 3.05) is 19.7 Å². The van der Waals surface area contributed by atoms with Crippen LogP contribution in [-0.4, -0.2) is 52.3 Å². The van der Waals surface area contributed by atoms with Gasteiger partial charge in [-0.25, -0.2) is 0 Å². The molecule has 2 atom stereocenters. The van der Waals surface area contributed by atoms with Crippen LogP contribution in [0.25, 0.3) is 0 Å². The van der Waals surface area contributed by atoms with Gasteiger partial charge in [0, 0.05) is 25.9 Å². The largest absolute Gasteiger partial charge is 0.377 e. The topological polar surface area (TPSA) is 90.5 Å². The Labute approximate surface area is 142 Å². The van der Waals surface area contributed by atoms with Gasteiger partial charge < -0.3 is 15.4 Å². The summed E-state index contributed by atoms with van der Waals surface area (Å²) in [6, 6.07) is 1.90.